The molecule has 154 valence electrons. The molecule has 0 spiro atoms. The van der Waals surface area contributed by atoms with E-state index in [1.54, 1.807) is 30.1 Å². The first-order chi connectivity index (χ1) is 14.4. The van der Waals surface area contributed by atoms with E-state index in [-0.39, 0.29) is 6.61 Å². The molecule has 0 saturated heterocycles. The van der Waals surface area contributed by atoms with Crippen LogP contribution in [0.4, 0.5) is 10.5 Å². The number of rotatable bonds is 5. The zero-order valence-electron chi connectivity index (χ0n) is 16.6. The van der Waals surface area contributed by atoms with E-state index >= 15 is 0 Å². The minimum Gasteiger partial charge on any atom is -0.496 e. The van der Waals surface area contributed by atoms with E-state index in [0.29, 0.717) is 16.5 Å². The van der Waals surface area contributed by atoms with Crippen LogP contribution in [0.25, 0.3) is 21.5 Å². The standard InChI is InChI=1S/C21H19ClN4O3S/c1-12-19(30-20(24-12)16-6-4-14(22)9-18(16)28-3)11-29-21(27)25-15-5-7-17-13(8-15)10-23-26(17)2/h4-10H,11H2,1-3H3,(H,25,27). The molecule has 7 nitrogen and oxygen atoms in total. The predicted molar refractivity (Wildman–Crippen MR) is 118 cm³/mol. The minimum atomic E-state index is -0.531. The van der Waals surface area contributed by atoms with Crippen LogP contribution in [-0.4, -0.2) is 28.0 Å². The van der Waals surface area contributed by atoms with Crippen LogP contribution in [0.2, 0.25) is 5.02 Å². The zero-order valence-corrected chi connectivity index (χ0v) is 18.2. The summed E-state index contributed by atoms with van der Waals surface area (Å²) in [5.74, 6) is 0.646. The minimum absolute atomic E-state index is 0.125. The summed E-state index contributed by atoms with van der Waals surface area (Å²) in [6.45, 7) is 2.01. The Hall–Kier alpha value is -3.10. The van der Waals surface area contributed by atoms with Crippen LogP contribution in [0.1, 0.15) is 10.6 Å². The maximum absolute atomic E-state index is 12.2. The smallest absolute Gasteiger partial charge is 0.411 e. The van der Waals surface area contributed by atoms with Crippen molar-refractivity contribution in [3.8, 4) is 16.3 Å². The van der Waals surface area contributed by atoms with Crippen LogP contribution in [0.3, 0.4) is 0 Å². The van der Waals surface area contributed by atoms with Crippen molar-refractivity contribution in [2.45, 2.75) is 13.5 Å². The molecule has 0 atom stereocenters. The Morgan fingerprint density at radius 2 is 2.10 bits per heavy atom. The van der Waals surface area contributed by atoms with Gasteiger partial charge in [-0.05, 0) is 43.3 Å². The average molecular weight is 443 g/mol. The molecule has 0 aliphatic rings. The Bertz CT molecular complexity index is 1230. The Morgan fingerprint density at radius 3 is 2.90 bits per heavy atom. The van der Waals surface area contributed by atoms with Gasteiger partial charge in [0.15, 0.2) is 0 Å². The van der Waals surface area contributed by atoms with Crippen LogP contribution in [0.5, 0.6) is 5.75 Å². The lowest BCUT2D eigenvalue weighted by Crippen LogP contribution is -2.13. The summed E-state index contributed by atoms with van der Waals surface area (Å²) in [6.07, 6.45) is 1.22. The van der Waals surface area contributed by atoms with E-state index in [0.717, 1.165) is 32.0 Å². The first-order valence-corrected chi connectivity index (χ1v) is 10.3. The van der Waals surface area contributed by atoms with Crippen molar-refractivity contribution in [3.63, 3.8) is 0 Å². The van der Waals surface area contributed by atoms with E-state index in [4.69, 9.17) is 21.1 Å². The number of fused-ring (bicyclic) bond motifs is 1. The molecule has 30 heavy (non-hydrogen) atoms. The maximum atomic E-state index is 12.2. The Balaban J connectivity index is 1.44. The summed E-state index contributed by atoms with van der Waals surface area (Å²) in [6, 6.07) is 11.0. The van der Waals surface area contributed by atoms with Crippen LogP contribution < -0.4 is 10.1 Å². The first-order valence-electron chi connectivity index (χ1n) is 9.10. The number of hydrogen-bond donors (Lipinski definition) is 1. The molecule has 1 N–H and O–H groups in total. The molecule has 0 fully saturated rings. The fraction of sp³-hybridized carbons (Fsp3) is 0.190. The molecule has 2 aromatic heterocycles. The third-order valence-corrected chi connectivity index (χ3v) is 6.01. The monoisotopic (exact) mass is 442 g/mol. The molecule has 2 heterocycles. The number of hydrogen-bond acceptors (Lipinski definition) is 6. The number of carbonyl (C=O) groups is 1. The number of amides is 1. The number of thiazole rings is 1. The van der Waals surface area contributed by atoms with Gasteiger partial charge in [-0.1, -0.05) is 11.6 Å². The molecular formula is C21H19ClN4O3S. The topological polar surface area (TPSA) is 78.3 Å². The summed E-state index contributed by atoms with van der Waals surface area (Å²) in [7, 11) is 3.46. The molecule has 0 bridgehead atoms. The van der Waals surface area contributed by atoms with Crippen LogP contribution >= 0.6 is 22.9 Å². The molecule has 4 rings (SSSR count). The Morgan fingerprint density at radius 1 is 1.27 bits per heavy atom. The summed E-state index contributed by atoms with van der Waals surface area (Å²) in [5, 5.41) is 9.26. The molecule has 0 unspecified atom stereocenters. The van der Waals surface area contributed by atoms with Gasteiger partial charge in [-0.3, -0.25) is 10.00 Å². The molecular weight excluding hydrogens is 424 g/mol. The van der Waals surface area contributed by atoms with Gasteiger partial charge in [-0.25, -0.2) is 9.78 Å². The number of carbonyl (C=O) groups excluding carboxylic acids is 1. The second kappa shape index (κ2) is 8.33. The lowest BCUT2D eigenvalue weighted by Gasteiger charge is -2.07. The highest BCUT2D eigenvalue weighted by Crippen LogP contribution is 2.36. The number of benzene rings is 2. The van der Waals surface area contributed by atoms with Crippen molar-refractivity contribution in [1.29, 1.82) is 0 Å². The van der Waals surface area contributed by atoms with Crippen molar-refractivity contribution in [3.05, 3.63) is 58.2 Å². The normalized spacial score (nSPS) is 10.9. The Labute approximate surface area is 182 Å². The van der Waals surface area contributed by atoms with E-state index in [9.17, 15) is 4.79 Å². The largest absolute Gasteiger partial charge is 0.496 e. The number of nitrogens with one attached hydrogen (secondary N) is 1. The van der Waals surface area contributed by atoms with Gasteiger partial charge in [0.1, 0.15) is 17.4 Å². The quantitative estimate of drug-likeness (QED) is 0.446. The van der Waals surface area contributed by atoms with Gasteiger partial charge in [0.05, 0.1) is 35.0 Å². The number of halogens is 1. The highest BCUT2D eigenvalue weighted by molar-refractivity contribution is 7.15. The predicted octanol–water partition coefficient (Wildman–Crippen LogP) is 5.42. The molecule has 0 saturated carbocycles. The summed E-state index contributed by atoms with van der Waals surface area (Å²) >= 11 is 7.49. The average Bonchev–Trinajstić information content (AvgIpc) is 3.28. The van der Waals surface area contributed by atoms with Gasteiger partial charge in [-0.15, -0.1) is 11.3 Å². The summed E-state index contributed by atoms with van der Waals surface area (Å²) < 4.78 is 12.6. The lowest BCUT2D eigenvalue weighted by molar-refractivity contribution is 0.156. The van der Waals surface area contributed by atoms with Crippen molar-refractivity contribution in [2.24, 2.45) is 7.05 Å². The molecule has 0 radical (unpaired) electrons. The van der Waals surface area contributed by atoms with Gasteiger partial charge in [0.2, 0.25) is 0 Å². The maximum Gasteiger partial charge on any atom is 0.411 e. The zero-order chi connectivity index (χ0) is 21.3. The van der Waals surface area contributed by atoms with Gasteiger partial charge in [0, 0.05) is 23.1 Å². The van der Waals surface area contributed by atoms with Crippen LogP contribution in [0, 0.1) is 6.92 Å². The summed E-state index contributed by atoms with van der Waals surface area (Å²) in [4.78, 5) is 17.7. The van der Waals surface area contributed by atoms with Crippen LogP contribution in [-0.2, 0) is 18.4 Å². The second-order valence-corrected chi connectivity index (χ2v) is 8.14. The van der Waals surface area contributed by atoms with Crippen molar-refractivity contribution >= 4 is 45.6 Å². The van der Waals surface area contributed by atoms with Crippen molar-refractivity contribution in [2.75, 3.05) is 12.4 Å². The third-order valence-electron chi connectivity index (χ3n) is 4.61. The first kappa shape index (κ1) is 20.2. The SMILES string of the molecule is COc1cc(Cl)ccc1-c1nc(C)c(COC(=O)Nc2ccc3c(cnn3C)c2)s1. The van der Waals surface area contributed by atoms with Gasteiger partial charge in [-0.2, -0.15) is 5.10 Å². The summed E-state index contributed by atoms with van der Waals surface area (Å²) in [5.41, 5.74) is 3.28. The fourth-order valence-electron chi connectivity index (χ4n) is 3.05. The van der Waals surface area contributed by atoms with Gasteiger partial charge in [0.25, 0.3) is 0 Å². The van der Waals surface area contributed by atoms with Gasteiger partial charge < -0.3 is 9.47 Å². The number of aromatic nitrogens is 3. The molecule has 1 amide bonds. The van der Waals surface area contributed by atoms with Crippen molar-refractivity contribution < 1.29 is 14.3 Å². The molecule has 4 aromatic rings. The van der Waals surface area contributed by atoms with E-state index < -0.39 is 6.09 Å². The second-order valence-electron chi connectivity index (χ2n) is 6.62. The molecule has 0 aliphatic heterocycles. The van der Waals surface area contributed by atoms with E-state index in [1.165, 1.54) is 11.3 Å². The van der Waals surface area contributed by atoms with Gasteiger partial charge >= 0.3 is 6.09 Å². The molecule has 2 aromatic carbocycles. The number of anilines is 1. The van der Waals surface area contributed by atoms with E-state index in [1.807, 2.05) is 38.2 Å². The highest BCUT2D eigenvalue weighted by atomic mass is 35.5. The molecule has 9 heteroatoms. The highest BCUT2D eigenvalue weighted by Gasteiger charge is 2.15. The van der Waals surface area contributed by atoms with Crippen LogP contribution in [0.15, 0.2) is 42.6 Å². The third kappa shape index (κ3) is 4.10. The number of aryl methyl sites for hydroxylation is 2. The Kier molecular flexibility index (Phi) is 5.61. The fourth-order valence-corrected chi connectivity index (χ4v) is 4.21. The molecule has 0 aliphatic carbocycles. The lowest BCUT2D eigenvalue weighted by atomic mass is 10.2. The number of methoxy groups -OCH3 is 1. The number of nitrogens with zero attached hydrogens (tertiary/aromatic N) is 3. The number of ether oxygens (including phenoxy) is 2. The van der Waals surface area contributed by atoms with Crippen molar-refractivity contribution in [1.82, 2.24) is 14.8 Å². The van der Waals surface area contributed by atoms with E-state index in [2.05, 4.69) is 15.4 Å².